The fraction of sp³-hybridized carbons (Fsp3) is 0.600. The van der Waals surface area contributed by atoms with Crippen LogP contribution in [0.15, 0.2) is 12.1 Å². The molecular weight excluding hydrogens is 167 g/mol. The Balaban J connectivity index is 0.000000810. The van der Waals surface area contributed by atoms with E-state index >= 15 is 0 Å². The van der Waals surface area contributed by atoms with Crippen molar-refractivity contribution < 1.29 is 64.3 Å². The maximum Gasteiger partial charge on any atom is 1.00 e. The van der Waals surface area contributed by atoms with E-state index < -0.39 is 12.4 Å². The van der Waals surface area contributed by atoms with Gasteiger partial charge < -0.3 is 12.9 Å². The van der Waals surface area contributed by atoms with E-state index in [1.807, 2.05) is 0 Å². The molecular formula is C5H7BF3K. The van der Waals surface area contributed by atoms with Crippen LogP contribution in [-0.4, -0.2) is 6.98 Å². The van der Waals surface area contributed by atoms with Gasteiger partial charge in [0.05, 0.1) is 0 Å². The molecule has 1 saturated carbocycles. The number of hydrogen-bond donors (Lipinski definition) is 0. The quantitative estimate of drug-likeness (QED) is 0.487. The Hall–Kier alpha value is 1.23. The smallest absolute Gasteiger partial charge is 0.445 e. The summed E-state index contributed by atoms with van der Waals surface area (Å²) in [5, 5.41) is 0. The van der Waals surface area contributed by atoms with Gasteiger partial charge in [-0.3, -0.25) is 0 Å². The summed E-state index contributed by atoms with van der Waals surface area (Å²) in [5.41, 5.74) is -0.491. The summed E-state index contributed by atoms with van der Waals surface area (Å²) in [7, 11) is 0. The Morgan fingerprint density at radius 3 is 1.80 bits per heavy atom. The van der Waals surface area contributed by atoms with E-state index in [2.05, 4.69) is 6.58 Å². The summed E-state index contributed by atoms with van der Waals surface area (Å²) in [6, 6.07) is 0. The van der Waals surface area contributed by atoms with E-state index in [0.717, 1.165) is 0 Å². The molecule has 0 spiro atoms. The SMILES string of the molecule is C=C(C1CC1)[B-](F)(F)F.[K+]. The number of allylic oxidation sites excluding steroid dienone is 1. The molecule has 0 aromatic heterocycles. The number of hydrogen-bond acceptors (Lipinski definition) is 0. The van der Waals surface area contributed by atoms with Crippen molar-refractivity contribution in [3.05, 3.63) is 12.1 Å². The van der Waals surface area contributed by atoms with Crippen LogP contribution in [0.5, 0.6) is 0 Å². The molecule has 5 heteroatoms. The Labute approximate surface area is 101 Å². The molecule has 0 aromatic carbocycles. The summed E-state index contributed by atoms with van der Waals surface area (Å²) in [4.78, 5) is 0. The molecule has 0 unspecified atom stereocenters. The zero-order valence-corrected chi connectivity index (χ0v) is 9.03. The molecule has 0 aromatic rings. The molecule has 52 valence electrons. The van der Waals surface area contributed by atoms with Gasteiger partial charge in [-0.25, -0.2) is 0 Å². The molecule has 0 amide bonds. The van der Waals surface area contributed by atoms with Crippen LogP contribution in [0.2, 0.25) is 0 Å². The van der Waals surface area contributed by atoms with Gasteiger partial charge in [0.25, 0.3) is 0 Å². The minimum Gasteiger partial charge on any atom is -0.445 e. The number of halogens is 3. The van der Waals surface area contributed by atoms with Crippen molar-refractivity contribution in [2.45, 2.75) is 12.8 Å². The largest absolute Gasteiger partial charge is 1.00 e. The van der Waals surface area contributed by atoms with E-state index in [4.69, 9.17) is 0 Å². The maximum atomic E-state index is 11.7. The van der Waals surface area contributed by atoms with E-state index in [9.17, 15) is 12.9 Å². The van der Waals surface area contributed by atoms with Crippen molar-refractivity contribution in [2.24, 2.45) is 5.92 Å². The van der Waals surface area contributed by atoms with Crippen molar-refractivity contribution in [1.82, 2.24) is 0 Å². The zero-order valence-electron chi connectivity index (χ0n) is 5.91. The zero-order chi connectivity index (χ0) is 7.07. The molecule has 1 fully saturated rings. The van der Waals surface area contributed by atoms with Crippen LogP contribution in [0.1, 0.15) is 12.8 Å². The average Bonchev–Trinajstić information content (AvgIpc) is 2.40. The average molecular weight is 174 g/mol. The van der Waals surface area contributed by atoms with Crippen LogP contribution in [0.3, 0.4) is 0 Å². The van der Waals surface area contributed by atoms with Gasteiger partial charge in [-0.05, 0) is 18.8 Å². The Kier molecular flexibility index (Phi) is 4.22. The van der Waals surface area contributed by atoms with Crippen molar-refractivity contribution in [1.29, 1.82) is 0 Å². The van der Waals surface area contributed by atoms with Gasteiger partial charge in [-0.2, -0.15) is 0 Å². The van der Waals surface area contributed by atoms with Crippen LogP contribution in [0, 0.1) is 5.92 Å². The summed E-state index contributed by atoms with van der Waals surface area (Å²) in [6.07, 6.45) is 1.36. The minimum atomic E-state index is -4.74. The van der Waals surface area contributed by atoms with Gasteiger partial charge in [0.2, 0.25) is 0 Å². The summed E-state index contributed by atoms with van der Waals surface area (Å²) < 4.78 is 35.1. The van der Waals surface area contributed by atoms with Gasteiger partial charge in [-0.1, -0.05) is 0 Å². The third kappa shape index (κ3) is 3.09. The third-order valence-electron chi connectivity index (χ3n) is 1.52. The standard InChI is InChI=1S/C5H7BF3.K/c1-4(5-2-3-5)6(7,8)9;/h5H,1-3H2;/q-1;+1. The van der Waals surface area contributed by atoms with Crippen LogP contribution in [0.4, 0.5) is 12.9 Å². The van der Waals surface area contributed by atoms with Crippen molar-refractivity contribution in [3.8, 4) is 0 Å². The molecule has 0 nitrogen and oxygen atoms in total. The summed E-state index contributed by atoms with van der Waals surface area (Å²) >= 11 is 0. The third-order valence-corrected chi connectivity index (χ3v) is 1.52. The molecule has 0 heterocycles. The molecule has 1 rings (SSSR count). The molecule has 0 atom stereocenters. The fourth-order valence-electron chi connectivity index (χ4n) is 0.721. The van der Waals surface area contributed by atoms with E-state index in [-0.39, 0.29) is 57.3 Å². The Bertz CT molecular complexity index is 138. The first kappa shape index (κ1) is 11.2. The normalized spacial score (nSPS) is 17.9. The first-order valence-electron chi connectivity index (χ1n) is 2.90. The second kappa shape index (κ2) is 3.76. The first-order chi connectivity index (χ1) is 4.02. The van der Waals surface area contributed by atoms with Gasteiger partial charge in [0, 0.05) is 0 Å². The van der Waals surface area contributed by atoms with Crippen molar-refractivity contribution in [3.63, 3.8) is 0 Å². The minimum absolute atomic E-state index is 0. The second-order valence-electron chi connectivity index (χ2n) is 2.42. The van der Waals surface area contributed by atoms with E-state index in [1.165, 1.54) is 0 Å². The van der Waals surface area contributed by atoms with Gasteiger partial charge in [0.1, 0.15) is 0 Å². The monoisotopic (exact) mass is 174 g/mol. The van der Waals surface area contributed by atoms with Gasteiger partial charge in [-0.15, -0.1) is 12.1 Å². The van der Waals surface area contributed by atoms with Gasteiger partial charge in [0.15, 0.2) is 0 Å². The molecule has 1 aliphatic carbocycles. The molecule has 1 aliphatic rings. The Morgan fingerprint density at radius 1 is 1.30 bits per heavy atom. The second-order valence-corrected chi connectivity index (χ2v) is 2.42. The maximum absolute atomic E-state index is 11.7. The van der Waals surface area contributed by atoms with Crippen LogP contribution >= 0.6 is 0 Å². The van der Waals surface area contributed by atoms with Crippen molar-refractivity contribution in [2.75, 3.05) is 0 Å². The van der Waals surface area contributed by atoms with E-state index in [1.54, 1.807) is 0 Å². The molecule has 0 radical (unpaired) electrons. The van der Waals surface area contributed by atoms with Crippen molar-refractivity contribution >= 4 is 6.98 Å². The van der Waals surface area contributed by atoms with Crippen LogP contribution < -0.4 is 51.4 Å². The number of rotatable bonds is 2. The van der Waals surface area contributed by atoms with Gasteiger partial charge >= 0.3 is 58.4 Å². The fourth-order valence-corrected chi connectivity index (χ4v) is 0.721. The van der Waals surface area contributed by atoms with Crippen LogP contribution in [0.25, 0.3) is 0 Å². The molecule has 0 aliphatic heterocycles. The first-order valence-corrected chi connectivity index (χ1v) is 2.90. The summed E-state index contributed by atoms with van der Waals surface area (Å²) in [5.74, 6) is -0.231. The predicted octanol–water partition coefficient (Wildman–Crippen LogP) is -0.657. The van der Waals surface area contributed by atoms with E-state index in [0.29, 0.717) is 12.8 Å². The molecule has 0 bridgehead atoms. The topological polar surface area (TPSA) is 0 Å². The predicted molar refractivity (Wildman–Crippen MR) is 30.9 cm³/mol. The molecule has 0 saturated heterocycles. The van der Waals surface area contributed by atoms with Crippen LogP contribution in [-0.2, 0) is 0 Å². The summed E-state index contributed by atoms with van der Waals surface area (Å²) in [6.45, 7) is -1.75. The molecule has 0 N–H and O–H groups in total. The molecule has 10 heavy (non-hydrogen) atoms. The Morgan fingerprint density at radius 2 is 1.70 bits per heavy atom.